The van der Waals surface area contributed by atoms with Crippen molar-refractivity contribution in [1.82, 2.24) is 20.6 Å². The number of aromatic amines is 1. The number of aromatic nitrogens is 2. The van der Waals surface area contributed by atoms with Crippen LogP contribution in [-0.2, 0) is 11.2 Å². The van der Waals surface area contributed by atoms with Gasteiger partial charge in [0.05, 0.1) is 11.0 Å². The number of fused-ring (bicyclic) bond motifs is 1. The van der Waals surface area contributed by atoms with Gasteiger partial charge >= 0.3 is 0 Å². The van der Waals surface area contributed by atoms with Crippen LogP contribution in [0.2, 0.25) is 5.02 Å². The molecule has 0 saturated heterocycles. The Kier molecular flexibility index (Phi) is 6.31. The van der Waals surface area contributed by atoms with E-state index in [0.717, 1.165) is 16.9 Å². The van der Waals surface area contributed by atoms with E-state index in [1.165, 1.54) is 0 Å². The van der Waals surface area contributed by atoms with E-state index < -0.39 is 6.04 Å². The minimum atomic E-state index is -0.626. The van der Waals surface area contributed by atoms with Gasteiger partial charge in [-0.3, -0.25) is 9.59 Å². The zero-order valence-electron chi connectivity index (χ0n) is 15.8. The minimum Gasteiger partial charge on any atom is -0.354 e. The number of hydrogen-bond donors (Lipinski definition) is 3. The zero-order chi connectivity index (χ0) is 20.1. The number of amides is 2. The normalized spacial score (nSPS) is 12.1. The first-order chi connectivity index (χ1) is 13.4. The standard InChI is InChI=1S/C21H23ClN4O2/c1-13(2)19(26-20(27)14-7-9-15(22)10-8-14)21(28)23-12-11-18-24-16-5-3-4-6-17(16)25-18/h3-10,13,19H,11-12H2,1-2H3,(H,23,28)(H,24,25)(H,26,27)/t19-/m1/s1. The summed E-state index contributed by atoms with van der Waals surface area (Å²) in [5, 5.41) is 6.25. The van der Waals surface area contributed by atoms with Crippen molar-refractivity contribution in [3.8, 4) is 0 Å². The van der Waals surface area contributed by atoms with E-state index in [1.807, 2.05) is 38.1 Å². The summed E-state index contributed by atoms with van der Waals surface area (Å²) in [7, 11) is 0. The van der Waals surface area contributed by atoms with Crippen molar-refractivity contribution in [2.24, 2.45) is 5.92 Å². The molecule has 28 heavy (non-hydrogen) atoms. The van der Waals surface area contributed by atoms with E-state index in [9.17, 15) is 9.59 Å². The molecular formula is C21H23ClN4O2. The van der Waals surface area contributed by atoms with Crippen LogP contribution in [0.4, 0.5) is 0 Å². The van der Waals surface area contributed by atoms with E-state index in [2.05, 4.69) is 20.6 Å². The van der Waals surface area contributed by atoms with E-state index in [1.54, 1.807) is 24.3 Å². The minimum absolute atomic E-state index is 0.0533. The van der Waals surface area contributed by atoms with E-state index in [4.69, 9.17) is 11.6 Å². The molecular weight excluding hydrogens is 376 g/mol. The molecule has 1 heterocycles. The van der Waals surface area contributed by atoms with Crippen LogP contribution in [-0.4, -0.2) is 34.4 Å². The second kappa shape index (κ2) is 8.89. The van der Waals surface area contributed by atoms with Crippen LogP contribution >= 0.6 is 11.6 Å². The first-order valence-corrected chi connectivity index (χ1v) is 9.59. The quantitative estimate of drug-likeness (QED) is 0.570. The molecule has 0 aliphatic heterocycles. The van der Waals surface area contributed by atoms with Gasteiger partial charge in [-0.15, -0.1) is 0 Å². The number of para-hydroxylation sites is 2. The van der Waals surface area contributed by atoms with E-state index >= 15 is 0 Å². The number of nitrogens with one attached hydrogen (secondary N) is 3. The monoisotopic (exact) mass is 398 g/mol. The first-order valence-electron chi connectivity index (χ1n) is 9.22. The third-order valence-corrected chi connectivity index (χ3v) is 4.69. The molecule has 0 spiro atoms. The Hall–Kier alpha value is -2.86. The Bertz CT molecular complexity index is 933. The summed E-state index contributed by atoms with van der Waals surface area (Å²) in [5.41, 5.74) is 2.34. The highest BCUT2D eigenvalue weighted by Crippen LogP contribution is 2.12. The van der Waals surface area contributed by atoms with E-state index in [-0.39, 0.29) is 17.7 Å². The summed E-state index contributed by atoms with van der Waals surface area (Å²) in [4.78, 5) is 32.7. The molecule has 3 aromatic rings. The van der Waals surface area contributed by atoms with E-state index in [0.29, 0.717) is 23.6 Å². The second-order valence-electron chi connectivity index (χ2n) is 6.94. The number of carbonyl (C=O) groups is 2. The number of rotatable bonds is 7. The van der Waals surface area contributed by atoms with Gasteiger partial charge in [0.2, 0.25) is 5.91 Å². The maximum absolute atomic E-state index is 12.6. The van der Waals surface area contributed by atoms with Gasteiger partial charge in [0.1, 0.15) is 11.9 Å². The SMILES string of the molecule is CC(C)[C@@H](NC(=O)c1ccc(Cl)cc1)C(=O)NCCc1nc2ccccc2[nH]1. The van der Waals surface area contributed by atoms with Crippen molar-refractivity contribution in [2.75, 3.05) is 6.54 Å². The fourth-order valence-electron chi connectivity index (χ4n) is 2.90. The lowest BCUT2D eigenvalue weighted by molar-refractivity contribution is -0.123. The van der Waals surface area contributed by atoms with Gasteiger partial charge in [0, 0.05) is 23.6 Å². The number of imidazole rings is 1. The summed E-state index contributed by atoms with van der Waals surface area (Å²) in [6.45, 7) is 4.22. The topological polar surface area (TPSA) is 86.9 Å². The fraction of sp³-hybridized carbons (Fsp3) is 0.286. The average molecular weight is 399 g/mol. The molecule has 6 nitrogen and oxygen atoms in total. The van der Waals surface area contributed by atoms with Gasteiger partial charge in [0.25, 0.3) is 5.91 Å². The van der Waals surface area contributed by atoms with Gasteiger partial charge in [0.15, 0.2) is 0 Å². The number of benzene rings is 2. The molecule has 1 atom stereocenters. The molecule has 2 amide bonds. The summed E-state index contributed by atoms with van der Waals surface area (Å²) in [5.74, 6) is 0.242. The number of nitrogens with zero attached hydrogens (tertiary/aromatic N) is 1. The van der Waals surface area contributed by atoms with Crippen molar-refractivity contribution in [2.45, 2.75) is 26.3 Å². The first kappa shape index (κ1) is 19.9. The number of halogens is 1. The predicted molar refractivity (Wildman–Crippen MR) is 110 cm³/mol. The molecule has 3 rings (SSSR count). The van der Waals surface area contributed by atoms with Crippen molar-refractivity contribution in [3.05, 3.63) is 64.9 Å². The Morgan fingerprint density at radius 1 is 1.11 bits per heavy atom. The third-order valence-electron chi connectivity index (χ3n) is 4.44. The largest absolute Gasteiger partial charge is 0.354 e. The highest BCUT2D eigenvalue weighted by atomic mass is 35.5. The van der Waals surface area contributed by atoms with Crippen LogP contribution in [0, 0.1) is 5.92 Å². The van der Waals surface area contributed by atoms with Crippen LogP contribution < -0.4 is 10.6 Å². The fourth-order valence-corrected chi connectivity index (χ4v) is 3.02. The lowest BCUT2D eigenvalue weighted by Gasteiger charge is -2.21. The molecule has 0 aliphatic carbocycles. The number of hydrogen-bond acceptors (Lipinski definition) is 3. The molecule has 3 N–H and O–H groups in total. The Morgan fingerprint density at radius 2 is 1.82 bits per heavy atom. The van der Waals surface area contributed by atoms with Crippen molar-refractivity contribution in [3.63, 3.8) is 0 Å². The summed E-state index contributed by atoms with van der Waals surface area (Å²) < 4.78 is 0. The average Bonchev–Trinajstić information content (AvgIpc) is 3.08. The number of carbonyl (C=O) groups excluding carboxylic acids is 2. The molecule has 0 aliphatic rings. The summed E-state index contributed by atoms with van der Waals surface area (Å²) in [6.07, 6.45) is 0.580. The van der Waals surface area contributed by atoms with Crippen molar-refractivity contribution >= 4 is 34.4 Å². The predicted octanol–water partition coefficient (Wildman–Crippen LogP) is 3.33. The molecule has 0 radical (unpaired) electrons. The van der Waals surface area contributed by atoms with Crippen LogP contribution in [0.15, 0.2) is 48.5 Å². The molecule has 0 bridgehead atoms. The Morgan fingerprint density at radius 3 is 2.50 bits per heavy atom. The zero-order valence-corrected chi connectivity index (χ0v) is 16.6. The van der Waals surface area contributed by atoms with Gasteiger partial charge in [-0.25, -0.2) is 4.98 Å². The van der Waals surface area contributed by atoms with Crippen LogP contribution in [0.5, 0.6) is 0 Å². The highest BCUT2D eigenvalue weighted by Gasteiger charge is 2.24. The maximum Gasteiger partial charge on any atom is 0.251 e. The van der Waals surface area contributed by atoms with Crippen LogP contribution in [0.1, 0.15) is 30.0 Å². The lowest BCUT2D eigenvalue weighted by Crippen LogP contribution is -2.50. The smallest absolute Gasteiger partial charge is 0.251 e. The molecule has 0 fully saturated rings. The molecule has 0 saturated carbocycles. The van der Waals surface area contributed by atoms with Gasteiger partial charge in [-0.05, 0) is 42.3 Å². The maximum atomic E-state index is 12.6. The van der Waals surface area contributed by atoms with Gasteiger partial charge < -0.3 is 15.6 Å². The van der Waals surface area contributed by atoms with Crippen LogP contribution in [0.25, 0.3) is 11.0 Å². The molecule has 0 unspecified atom stereocenters. The molecule has 7 heteroatoms. The van der Waals surface area contributed by atoms with Gasteiger partial charge in [-0.2, -0.15) is 0 Å². The van der Waals surface area contributed by atoms with Crippen LogP contribution in [0.3, 0.4) is 0 Å². The van der Waals surface area contributed by atoms with Gasteiger partial charge in [-0.1, -0.05) is 37.6 Å². The molecule has 146 valence electrons. The van der Waals surface area contributed by atoms with Crippen molar-refractivity contribution in [1.29, 1.82) is 0 Å². The summed E-state index contributed by atoms with van der Waals surface area (Å²) in [6, 6.07) is 13.7. The summed E-state index contributed by atoms with van der Waals surface area (Å²) >= 11 is 5.85. The number of H-pyrrole nitrogens is 1. The highest BCUT2D eigenvalue weighted by molar-refractivity contribution is 6.30. The Balaban J connectivity index is 1.56. The van der Waals surface area contributed by atoms with Crippen molar-refractivity contribution < 1.29 is 9.59 Å². The molecule has 1 aromatic heterocycles. The Labute approximate surface area is 168 Å². The third kappa shape index (κ3) is 4.89. The second-order valence-corrected chi connectivity index (χ2v) is 7.38. The molecule has 2 aromatic carbocycles. The lowest BCUT2D eigenvalue weighted by atomic mass is 10.0.